The van der Waals surface area contributed by atoms with Crippen LogP contribution in [0, 0.1) is 10.8 Å². The monoisotopic (exact) mass is 204 g/mol. The van der Waals surface area contributed by atoms with E-state index >= 15 is 0 Å². The van der Waals surface area contributed by atoms with Gasteiger partial charge in [0, 0.05) is 0 Å². The molecule has 0 nitrogen and oxygen atoms in total. The van der Waals surface area contributed by atoms with Crippen LogP contribution in [0.3, 0.4) is 0 Å². The van der Waals surface area contributed by atoms with E-state index in [1.807, 2.05) is 0 Å². The lowest BCUT2D eigenvalue weighted by Gasteiger charge is -2.47. The molecule has 0 spiro atoms. The molecule has 0 saturated carbocycles. The summed E-state index contributed by atoms with van der Waals surface area (Å²) in [6, 6.07) is 0. The van der Waals surface area contributed by atoms with Crippen LogP contribution in [0.1, 0.15) is 59.8 Å². The van der Waals surface area contributed by atoms with Gasteiger partial charge >= 0.3 is 0 Å². The van der Waals surface area contributed by atoms with Gasteiger partial charge in [-0.3, -0.25) is 0 Å². The second kappa shape index (κ2) is 3.50. The minimum Gasteiger partial charge on any atom is -0.0850 e. The van der Waals surface area contributed by atoms with Crippen molar-refractivity contribution in [2.24, 2.45) is 10.8 Å². The fraction of sp³-hybridized carbons (Fsp3) is 0.733. The van der Waals surface area contributed by atoms with Gasteiger partial charge in [-0.15, -0.1) is 0 Å². The molecule has 0 heteroatoms. The smallest absolute Gasteiger partial charge is 0.00594 e. The zero-order valence-corrected chi connectivity index (χ0v) is 10.7. The zero-order chi connectivity index (χ0) is 11.1. The highest BCUT2D eigenvalue weighted by molar-refractivity contribution is 5.24. The van der Waals surface area contributed by atoms with Crippen LogP contribution in [0.25, 0.3) is 0 Å². The Labute approximate surface area is 94.5 Å². The Morgan fingerprint density at radius 3 is 2.27 bits per heavy atom. The molecule has 15 heavy (non-hydrogen) atoms. The van der Waals surface area contributed by atoms with Crippen molar-refractivity contribution in [1.29, 1.82) is 0 Å². The van der Waals surface area contributed by atoms with Crippen molar-refractivity contribution >= 4 is 0 Å². The van der Waals surface area contributed by atoms with Crippen molar-refractivity contribution in [2.75, 3.05) is 0 Å². The van der Waals surface area contributed by atoms with Crippen molar-refractivity contribution in [2.45, 2.75) is 59.8 Å². The minimum atomic E-state index is 0.462. The lowest BCUT2D eigenvalue weighted by Crippen LogP contribution is -2.38. The van der Waals surface area contributed by atoms with Gasteiger partial charge in [0.1, 0.15) is 0 Å². The third-order valence-electron chi connectivity index (χ3n) is 5.27. The quantitative estimate of drug-likeness (QED) is 0.535. The van der Waals surface area contributed by atoms with E-state index in [0.29, 0.717) is 10.8 Å². The first kappa shape index (κ1) is 11.0. The molecule has 0 amide bonds. The molecule has 0 aromatic rings. The summed E-state index contributed by atoms with van der Waals surface area (Å²) in [5.74, 6) is 0. The molecule has 0 fully saturated rings. The van der Waals surface area contributed by atoms with E-state index in [0.717, 1.165) is 0 Å². The standard InChI is InChI=1S/C15H24/c1-12-7-10-14(3,11-8-12)15(4)9-5-6-13(15)2/h6-7H,5,8-11H2,1-4H3. The molecule has 2 atom stereocenters. The summed E-state index contributed by atoms with van der Waals surface area (Å²) < 4.78 is 0. The van der Waals surface area contributed by atoms with Crippen LogP contribution in [0.4, 0.5) is 0 Å². The average molecular weight is 204 g/mol. The fourth-order valence-corrected chi connectivity index (χ4v) is 3.36. The summed E-state index contributed by atoms with van der Waals surface area (Å²) in [6.07, 6.45) is 11.5. The normalized spacial score (nSPS) is 41.3. The zero-order valence-electron chi connectivity index (χ0n) is 10.7. The van der Waals surface area contributed by atoms with Crippen molar-refractivity contribution in [3.8, 4) is 0 Å². The first-order valence-electron chi connectivity index (χ1n) is 6.31. The molecule has 0 aliphatic heterocycles. The molecule has 2 aliphatic carbocycles. The van der Waals surface area contributed by atoms with Gasteiger partial charge in [-0.25, -0.2) is 0 Å². The molecular weight excluding hydrogens is 180 g/mol. The van der Waals surface area contributed by atoms with Crippen LogP contribution in [0.2, 0.25) is 0 Å². The Morgan fingerprint density at radius 1 is 1.07 bits per heavy atom. The van der Waals surface area contributed by atoms with Gasteiger partial charge in [-0.1, -0.05) is 37.1 Å². The van der Waals surface area contributed by atoms with Crippen molar-refractivity contribution in [1.82, 2.24) is 0 Å². The summed E-state index contributed by atoms with van der Waals surface area (Å²) in [5, 5.41) is 0. The van der Waals surface area contributed by atoms with Gasteiger partial charge < -0.3 is 0 Å². The lowest BCUT2D eigenvalue weighted by molar-refractivity contribution is 0.0928. The third-order valence-corrected chi connectivity index (χ3v) is 5.27. The summed E-state index contributed by atoms with van der Waals surface area (Å²) in [5.41, 5.74) is 4.20. The van der Waals surface area contributed by atoms with Crippen LogP contribution in [0.5, 0.6) is 0 Å². The molecule has 0 saturated heterocycles. The Kier molecular flexibility index (Phi) is 2.56. The maximum atomic E-state index is 2.50. The molecule has 2 unspecified atom stereocenters. The summed E-state index contributed by atoms with van der Waals surface area (Å²) in [7, 11) is 0. The molecule has 0 aromatic carbocycles. The number of allylic oxidation sites excluding steroid dienone is 4. The summed E-state index contributed by atoms with van der Waals surface area (Å²) in [4.78, 5) is 0. The first-order chi connectivity index (χ1) is 6.98. The highest BCUT2D eigenvalue weighted by Crippen LogP contribution is 2.57. The van der Waals surface area contributed by atoms with E-state index in [9.17, 15) is 0 Å². The van der Waals surface area contributed by atoms with Gasteiger partial charge in [-0.05, 0) is 56.8 Å². The van der Waals surface area contributed by atoms with Crippen LogP contribution in [-0.2, 0) is 0 Å². The van der Waals surface area contributed by atoms with E-state index in [1.54, 1.807) is 11.1 Å². The second-order valence-electron chi connectivity index (χ2n) is 6.07. The van der Waals surface area contributed by atoms with Crippen LogP contribution in [-0.4, -0.2) is 0 Å². The van der Waals surface area contributed by atoms with Gasteiger partial charge in [0.25, 0.3) is 0 Å². The SMILES string of the molecule is CC1=CCC(C)(C2(C)CCC=C2C)CC1. The molecule has 2 aliphatic rings. The predicted molar refractivity (Wildman–Crippen MR) is 66.8 cm³/mol. The first-order valence-corrected chi connectivity index (χ1v) is 6.31. The Morgan fingerprint density at radius 2 is 1.80 bits per heavy atom. The third kappa shape index (κ3) is 1.58. The van der Waals surface area contributed by atoms with Crippen LogP contribution in [0.15, 0.2) is 23.3 Å². The molecule has 0 radical (unpaired) electrons. The molecule has 0 heterocycles. The number of rotatable bonds is 1. The Hall–Kier alpha value is -0.520. The molecule has 0 aromatic heterocycles. The molecule has 84 valence electrons. The maximum absolute atomic E-state index is 2.50. The Bertz CT molecular complexity index is 321. The van der Waals surface area contributed by atoms with E-state index in [2.05, 4.69) is 39.8 Å². The maximum Gasteiger partial charge on any atom is -0.00594 e. The van der Waals surface area contributed by atoms with Gasteiger partial charge in [0.2, 0.25) is 0 Å². The topological polar surface area (TPSA) is 0 Å². The van der Waals surface area contributed by atoms with Gasteiger partial charge in [0.05, 0.1) is 0 Å². The van der Waals surface area contributed by atoms with Crippen molar-refractivity contribution in [3.05, 3.63) is 23.3 Å². The van der Waals surface area contributed by atoms with E-state index in [1.165, 1.54) is 32.1 Å². The summed E-state index contributed by atoms with van der Waals surface area (Å²) in [6.45, 7) is 9.60. The van der Waals surface area contributed by atoms with E-state index in [4.69, 9.17) is 0 Å². The van der Waals surface area contributed by atoms with E-state index in [-0.39, 0.29) is 0 Å². The van der Waals surface area contributed by atoms with E-state index < -0.39 is 0 Å². The highest BCUT2D eigenvalue weighted by atomic mass is 14.5. The number of hydrogen-bond donors (Lipinski definition) is 0. The molecule has 0 bridgehead atoms. The Balaban J connectivity index is 2.27. The second-order valence-corrected chi connectivity index (χ2v) is 6.07. The highest BCUT2D eigenvalue weighted by Gasteiger charge is 2.46. The minimum absolute atomic E-state index is 0.462. The van der Waals surface area contributed by atoms with Gasteiger partial charge in [0.15, 0.2) is 0 Å². The number of hydrogen-bond acceptors (Lipinski definition) is 0. The van der Waals surface area contributed by atoms with Crippen molar-refractivity contribution in [3.63, 3.8) is 0 Å². The predicted octanol–water partition coefficient (Wildman–Crippen LogP) is 4.87. The molecule has 0 N–H and O–H groups in total. The van der Waals surface area contributed by atoms with Crippen molar-refractivity contribution < 1.29 is 0 Å². The average Bonchev–Trinajstić information content (AvgIpc) is 2.54. The van der Waals surface area contributed by atoms with Gasteiger partial charge in [-0.2, -0.15) is 0 Å². The fourth-order valence-electron chi connectivity index (χ4n) is 3.36. The largest absolute Gasteiger partial charge is 0.0850 e. The van der Waals surface area contributed by atoms with Crippen LogP contribution >= 0.6 is 0 Å². The van der Waals surface area contributed by atoms with Crippen LogP contribution < -0.4 is 0 Å². The summed E-state index contributed by atoms with van der Waals surface area (Å²) >= 11 is 0. The lowest BCUT2D eigenvalue weighted by atomic mass is 9.57. The molecule has 2 rings (SSSR count). The molecular formula is C15H24.